The molecule has 3 nitrogen and oxygen atoms in total. The van der Waals surface area contributed by atoms with E-state index in [9.17, 15) is 4.79 Å². The van der Waals surface area contributed by atoms with Crippen molar-refractivity contribution in [2.45, 2.75) is 0 Å². The molecule has 3 aromatic carbocycles. The molecule has 0 radical (unpaired) electrons. The van der Waals surface area contributed by atoms with Crippen LogP contribution in [-0.4, -0.2) is 26.5 Å². The van der Waals surface area contributed by atoms with Crippen molar-refractivity contribution in [1.29, 1.82) is 0 Å². The van der Waals surface area contributed by atoms with Crippen LogP contribution in [0.2, 0.25) is 0 Å². The predicted molar refractivity (Wildman–Crippen MR) is 104 cm³/mol. The first-order valence-electron chi connectivity index (χ1n) is 8.18. The number of carbonyl (C=O) groups excluding carboxylic acids is 1. The molecule has 3 rings (SSSR count). The predicted octanol–water partition coefficient (Wildman–Crippen LogP) is 3.69. The lowest BCUT2D eigenvalue weighted by molar-refractivity contribution is 0.0960. The quantitative estimate of drug-likeness (QED) is 0.744. The molecule has 0 unspecified atom stereocenters. The maximum atomic E-state index is 12.5. The molecule has 1 N–H and O–H groups in total. The van der Waals surface area contributed by atoms with Crippen LogP contribution in [0.3, 0.4) is 0 Å². The van der Waals surface area contributed by atoms with E-state index in [1.165, 1.54) is 0 Å². The normalized spacial score (nSPS) is 10.0. The summed E-state index contributed by atoms with van der Waals surface area (Å²) in [5, 5.41) is 4.89. The molecule has 0 spiro atoms. The van der Waals surface area contributed by atoms with Gasteiger partial charge in [-0.3, -0.25) is 4.79 Å². The first-order chi connectivity index (χ1) is 12.2. The lowest BCUT2D eigenvalue weighted by Crippen LogP contribution is -2.23. The minimum absolute atomic E-state index is 0.105. The number of amides is 1. The molecular formula is C22H20N2O. The summed E-state index contributed by atoms with van der Waals surface area (Å²) in [4.78, 5) is 14.5. The monoisotopic (exact) mass is 328 g/mol. The first-order valence-corrected chi connectivity index (χ1v) is 8.18. The zero-order valence-corrected chi connectivity index (χ0v) is 14.4. The molecule has 3 aromatic rings. The molecular weight excluding hydrogens is 308 g/mol. The van der Waals surface area contributed by atoms with Crippen LogP contribution in [0.15, 0.2) is 66.7 Å². The van der Waals surface area contributed by atoms with Gasteiger partial charge in [-0.25, -0.2) is 0 Å². The van der Waals surface area contributed by atoms with Gasteiger partial charge in [0.25, 0.3) is 5.91 Å². The van der Waals surface area contributed by atoms with Crippen molar-refractivity contribution < 1.29 is 4.79 Å². The Labute approximate surface area is 148 Å². The van der Waals surface area contributed by atoms with Crippen molar-refractivity contribution in [3.63, 3.8) is 0 Å². The van der Waals surface area contributed by atoms with Crippen molar-refractivity contribution in [2.24, 2.45) is 0 Å². The van der Waals surface area contributed by atoms with Crippen LogP contribution < -0.4 is 10.2 Å². The zero-order valence-electron chi connectivity index (χ0n) is 14.4. The van der Waals surface area contributed by atoms with Crippen molar-refractivity contribution in [2.75, 3.05) is 25.5 Å². The van der Waals surface area contributed by atoms with E-state index in [0.29, 0.717) is 12.1 Å². The third-order valence-electron chi connectivity index (χ3n) is 3.98. The van der Waals surface area contributed by atoms with Gasteiger partial charge in [-0.15, -0.1) is 0 Å². The third kappa shape index (κ3) is 3.81. The molecule has 0 bridgehead atoms. The van der Waals surface area contributed by atoms with Gasteiger partial charge in [0.05, 0.1) is 12.2 Å². The average Bonchev–Trinajstić information content (AvgIpc) is 2.64. The summed E-state index contributed by atoms with van der Waals surface area (Å²) in [5.41, 5.74) is 2.69. The number of nitrogens with zero attached hydrogens (tertiary/aromatic N) is 1. The molecule has 124 valence electrons. The number of para-hydroxylation sites is 1. The number of anilines is 1. The highest BCUT2D eigenvalue weighted by molar-refractivity contribution is 6.07. The van der Waals surface area contributed by atoms with E-state index in [1.54, 1.807) is 0 Å². The first kappa shape index (κ1) is 16.6. The Kier molecular flexibility index (Phi) is 5.01. The molecule has 0 fully saturated rings. The Hall–Kier alpha value is -3.25. The topological polar surface area (TPSA) is 32.3 Å². The molecule has 0 saturated heterocycles. The molecule has 0 atom stereocenters. The fourth-order valence-electron chi connectivity index (χ4n) is 2.75. The highest BCUT2D eigenvalue weighted by Gasteiger charge is 2.08. The smallest absolute Gasteiger partial charge is 0.252 e. The molecule has 0 saturated carbocycles. The van der Waals surface area contributed by atoms with Crippen molar-refractivity contribution in [1.82, 2.24) is 5.32 Å². The van der Waals surface area contributed by atoms with Crippen molar-refractivity contribution in [3.8, 4) is 11.8 Å². The van der Waals surface area contributed by atoms with Crippen LogP contribution in [0.4, 0.5) is 5.69 Å². The van der Waals surface area contributed by atoms with Crippen LogP contribution in [0.5, 0.6) is 0 Å². The Morgan fingerprint density at radius 3 is 2.52 bits per heavy atom. The molecule has 3 heteroatoms. The number of hydrogen-bond donors (Lipinski definition) is 1. The van der Waals surface area contributed by atoms with Gasteiger partial charge < -0.3 is 10.2 Å². The number of rotatable bonds is 3. The van der Waals surface area contributed by atoms with Crippen molar-refractivity contribution >= 4 is 22.4 Å². The fourth-order valence-corrected chi connectivity index (χ4v) is 2.75. The minimum Gasteiger partial charge on any atom is -0.377 e. The van der Waals surface area contributed by atoms with E-state index >= 15 is 0 Å². The van der Waals surface area contributed by atoms with E-state index in [0.717, 1.165) is 22.0 Å². The maximum absolute atomic E-state index is 12.5. The van der Waals surface area contributed by atoms with Gasteiger partial charge in [0.1, 0.15) is 0 Å². The molecule has 0 aliphatic heterocycles. The largest absolute Gasteiger partial charge is 0.377 e. The van der Waals surface area contributed by atoms with Gasteiger partial charge in [-0.1, -0.05) is 60.4 Å². The summed E-state index contributed by atoms with van der Waals surface area (Å²) >= 11 is 0. The lowest BCUT2D eigenvalue weighted by Gasteiger charge is -2.13. The number of fused-ring (bicyclic) bond motifs is 1. The number of nitrogens with one attached hydrogen (secondary N) is 1. The van der Waals surface area contributed by atoms with Crippen molar-refractivity contribution in [3.05, 3.63) is 77.9 Å². The second-order valence-electron chi connectivity index (χ2n) is 5.92. The minimum atomic E-state index is -0.105. The molecule has 0 aromatic heterocycles. The van der Waals surface area contributed by atoms with Crippen LogP contribution in [0, 0.1) is 11.8 Å². The van der Waals surface area contributed by atoms with Crippen LogP contribution in [0.25, 0.3) is 10.8 Å². The van der Waals surface area contributed by atoms with E-state index in [2.05, 4.69) is 17.2 Å². The Morgan fingerprint density at radius 1 is 0.960 bits per heavy atom. The second kappa shape index (κ2) is 7.55. The van der Waals surface area contributed by atoms with Gasteiger partial charge in [0.15, 0.2) is 0 Å². The molecule has 0 aliphatic rings. The highest BCUT2D eigenvalue weighted by Crippen LogP contribution is 2.18. The standard InChI is InChI=1S/C22H20N2O/c1-24(2)21-15-6-4-10-18(21)12-8-16-23-22(25)20-14-7-11-17-9-3-5-13-19(17)20/h3-7,9-11,13-15H,16H2,1-2H3,(H,23,25). The van der Waals surface area contributed by atoms with Gasteiger partial charge in [0.2, 0.25) is 0 Å². The number of carbonyl (C=O) groups is 1. The summed E-state index contributed by atoms with van der Waals surface area (Å²) in [6, 6.07) is 21.6. The zero-order chi connectivity index (χ0) is 17.6. The summed E-state index contributed by atoms with van der Waals surface area (Å²) < 4.78 is 0. The Bertz CT molecular complexity index is 959. The lowest BCUT2D eigenvalue weighted by atomic mass is 10.0. The summed E-state index contributed by atoms with van der Waals surface area (Å²) in [7, 11) is 3.98. The van der Waals surface area contributed by atoms with Gasteiger partial charge >= 0.3 is 0 Å². The second-order valence-corrected chi connectivity index (χ2v) is 5.92. The Balaban J connectivity index is 1.72. The van der Waals surface area contributed by atoms with Crippen LogP contribution in [0.1, 0.15) is 15.9 Å². The van der Waals surface area contributed by atoms with Gasteiger partial charge in [-0.2, -0.15) is 0 Å². The SMILES string of the molecule is CN(C)c1ccccc1C#CCNC(=O)c1cccc2ccccc12. The fraction of sp³-hybridized carbons (Fsp3) is 0.136. The van der Waals surface area contributed by atoms with Gasteiger partial charge in [0, 0.05) is 25.2 Å². The summed E-state index contributed by atoms with van der Waals surface area (Å²) in [5.74, 6) is 6.06. The molecule has 25 heavy (non-hydrogen) atoms. The van der Waals surface area contributed by atoms with E-state index in [4.69, 9.17) is 0 Å². The molecule has 0 heterocycles. The van der Waals surface area contributed by atoms with Crippen LogP contribution in [-0.2, 0) is 0 Å². The third-order valence-corrected chi connectivity index (χ3v) is 3.98. The average molecular weight is 328 g/mol. The Morgan fingerprint density at radius 2 is 1.68 bits per heavy atom. The summed E-state index contributed by atoms with van der Waals surface area (Å²) in [6.07, 6.45) is 0. The maximum Gasteiger partial charge on any atom is 0.252 e. The van der Waals surface area contributed by atoms with E-state index in [-0.39, 0.29) is 5.91 Å². The number of benzene rings is 3. The number of hydrogen-bond acceptors (Lipinski definition) is 2. The molecule has 0 aliphatic carbocycles. The van der Waals surface area contributed by atoms with E-state index < -0.39 is 0 Å². The summed E-state index contributed by atoms with van der Waals surface area (Å²) in [6.45, 7) is 0.309. The van der Waals surface area contributed by atoms with Gasteiger partial charge in [-0.05, 0) is 29.0 Å². The van der Waals surface area contributed by atoms with Crippen LogP contribution >= 0.6 is 0 Å². The molecule has 1 amide bonds. The van der Waals surface area contributed by atoms with E-state index in [1.807, 2.05) is 85.7 Å². The highest BCUT2D eigenvalue weighted by atomic mass is 16.1.